The van der Waals surface area contributed by atoms with Gasteiger partial charge in [-0.25, -0.2) is 0 Å². The zero-order chi connectivity index (χ0) is 16.4. The van der Waals surface area contributed by atoms with Crippen molar-refractivity contribution >= 4 is 11.3 Å². The van der Waals surface area contributed by atoms with Crippen LogP contribution in [-0.2, 0) is 12.1 Å². The third-order valence-corrected chi connectivity index (χ3v) is 5.95. The molecule has 3 atom stereocenters. The van der Waals surface area contributed by atoms with E-state index in [1.807, 2.05) is 50.4 Å². The fourth-order valence-electron chi connectivity index (χ4n) is 2.76. The van der Waals surface area contributed by atoms with Gasteiger partial charge >= 0.3 is 0 Å². The van der Waals surface area contributed by atoms with Gasteiger partial charge in [0.15, 0.2) is 5.72 Å². The Morgan fingerprint density at radius 2 is 1.91 bits per heavy atom. The van der Waals surface area contributed by atoms with Crippen molar-refractivity contribution in [3.05, 3.63) is 57.8 Å². The summed E-state index contributed by atoms with van der Waals surface area (Å²) >= 11 is 1.44. The van der Waals surface area contributed by atoms with Gasteiger partial charge in [0.25, 0.3) is 0 Å². The van der Waals surface area contributed by atoms with Crippen LogP contribution in [0, 0.1) is 18.3 Å². The molecule has 0 aliphatic carbocycles. The highest BCUT2D eigenvalue weighted by Gasteiger charge is 2.49. The Morgan fingerprint density at radius 1 is 1.27 bits per heavy atom. The normalized spacial score (nSPS) is 18.5. The second-order valence-corrected chi connectivity index (χ2v) is 7.33. The fraction of sp³-hybridized carbons (Fsp3) is 0.444. The number of aryl methyl sites for hydroxylation is 1. The van der Waals surface area contributed by atoms with Crippen molar-refractivity contribution in [2.75, 3.05) is 6.61 Å². The molecule has 2 aromatic rings. The second-order valence-electron chi connectivity index (χ2n) is 6.42. The van der Waals surface area contributed by atoms with E-state index >= 15 is 0 Å². The molecule has 4 heteroatoms. The largest absolute Gasteiger partial charge is 0.396 e. The molecule has 1 heterocycles. The Morgan fingerprint density at radius 3 is 2.41 bits per heavy atom. The highest BCUT2D eigenvalue weighted by Crippen LogP contribution is 2.44. The summed E-state index contributed by atoms with van der Waals surface area (Å²) in [6.07, 6.45) is 0.752. The molecular weight excluding hydrogens is 294 g/mol. The third-order valence-electron chi connectivity index (χ3n) is 4.78. The molecule has 0 radical (unpaired) electrons. The molecule has 3 nitrogen and oxygen atoms in total. The summed E-state index contributed by atoms with van der Waals surface area (Å²) in [6, 6.07) is 12.0. The molecule has 22 heavy (non-hydrogen) atoms. The van der Waals surface area contributed by atoms with Crippen LogP contribution >= 0.6 is 11.3 Å². The van der Waals surface area contributed by atoms with Gasteiger partial charge in [-0.1, -0.05) is 44.2 Å². The highest BCUT2D eigenvalue weighted by molar-refractivity contribution is 7.10. The molecule has 0 saturated heterocycles. The Balaban J connectivity index is 2.30. The molecule has 0 aliphatic heterocycles. The lowest BCUT2D eigenvalue weighted by molar-refractivity contribution is -0.128. The van der Waals surface area contributed by atoms with E-state index in [0.29, 0.717) is 4.88 Å². The average molecular weight is 319 g/mol. The number of benzene rings is 1. The van der Waals surface area contributed by atoms with Crippen LogP contribution in [0.2, 0.25) is 0 Å². The molecule has 0 saturated carbocycles. The lowest BCUT2D eigenvalue weighted by atomic mass is 9.68. The molecule has 0 spiro atoms. The topological polar surface area (TPSA) is 66.5 Å². The first-order chi connectivity index (χ1) is 10.3. The van der Waals surface area contributed by atoms with Gasteiger partial charge in [-0.2, -0.15) is 0 Å². The highest BCUT2D eigenvalue weighted by atomic mass is 32.1. The van der Waals surface area contributed by atoms with Gasteiger partial charge in [0, 0.05) is 5.41 Å². The van der Waals surface area contributed by atoms with E-state index in [1.165, 1.54) is 16.9 Å². The number of hydrogen-bond acceptors (Lipinski definition) is 4. The number of aliphatic hydroxyl groups excluding tert-OH is 1. The summed E-state index contributed by atoms with van der Waals surface area (Å²) in [5, 5.41) is 23.0. The number of hydrogen-bond donors (Lipinski definition) is 3. The van der Waals surface area contributed by atoms with Crippen LogP contribution in [-0.4, -0.2) is 16.8 Å². The van der Waals surface area contributed by atoms with E-state index in [0.717, 1.165) is 12.0 Å². The minimum Gasteiger partial charge on any atom is -0.396 e. The zero-order valence-corrected chi connectivity index (χ0v) is 14.2. The smallest absolute Gasteiger partial charge is 0.156 e. The van der Waals surface area contributed by atoms with Gasteiger partial charge in [-0.3, -0.25) is 5.73 Å². The standard InChI is InChI=1S/C18H25NO2S/c1-13-9-16(22-11-13)18(19,21)17(3,12-20)14(2)10-15-7-5-4-6-8-15/h4-9,11,14,20-21H,10,12,19H2,1-3H3/t14?,17-,18-/m1/s1. The molecule has 120 valence electrons. The molecule has 1 unspecified atom stereocenters. The first kappa shape index (κ1) is 17.2. The van der Waals surface area contributed by atoms with Crippen molar-refractivity contribution in [2.24, 2.45) is 17.1 Å². The lowest BCUT2D eigenvalue weighted by Gasteiger charge is -2.45. The van der Waals surface area contributed by atoms with Crippen molar-refractivity contribution in [1.82, 2.24) is 0 Å². The number of aliphatic hydroxyl groups is 2. The maximum Gasteiger partial charge on any atom is 0.156 e. The van der Waals surface area contributed by atoms with E-state index in [4.69, 9.17) is 5.73 Å². The van der Waals surface area contributed by atoms with E-state index in [9.17, 15) is 10.2 Å². The summed E-state index contributed by atoms with van der Waals surface area (Å²) in [6.45, 7) is 5.68. The number of thiophene rings is 1. The minimum absolute atomic E-state index is 0.0114. The van der Waals surface area contributed by atoms with E-state index in [1.54, 1.807) is 0 Å². The monoisotopic (exact) mass is 319 g/mol. The molecule has 1 aromatic heterocycles. The van der Waals surface area contributed by atoms with Crippen LogP contribution in [0.1, 0.15) is 29.9 Å². The maximum atomic E-state index is 11.0. The van der Waals surface area contributed by atoms with Gasteiger partial charge in [-0.15, -0.1) is 11.3 Å². The van der Waals surface area contributed by atoms with Crippen LogP contribution in [0.4, 0.5) is 0 Å². The third kappa shape index (κ3) is 3.10. The Kier molecular flexibility index (Phi) is 5.07. The molecule has 2 rings (SSSR count). The van der Waals surface area contributed by atoms with Crippen LogP contribution < -0.4 is 5.73 Å². The molecular formula is C18H25NO2S. The van der Waals surface area contributed by atoms with Gasteiger partial charge < -0.3 is 10.2 Å². The molecule has 0 bridgehead atoms. The summed E-state index contributed by atoms with van der Waals surface area (Å²) in [5.74, 6) is 0.0114. The van der Waals surface area contributed by atoms with Crippen molar-refractivity contribution in [3.63, 3.8) is 0 Å². The van der Waals surface area contributed by atoms with Gasteiger partial charge in [0.05, 0.1) is 11.5 Å². The quantitative estimate of drug-likeness (QED) is 0.717. The first-order valence-electron chi connectivity index (χ1n) is 7.53. The number of rotatable bonds is 6. The van der Waals surface area contributed by atoms with Crippen LogP contribution in [0.25, 0.3) is 0 Å². The average Bonchev–Trinajstić information content (AvgIpc) is 2.94. The molecule has 1 aromatic carbocycles. The molecule has 0 fully saturated rings. The van der Waals surface area contributed by atoms with Gasteiger partial charge in [-0.05, 0) is 41.8 Å². The van der Waals surface area contributed by atoms with Crippen molar-refractivity contribution in [1.29, 1.82) is 0 Å². The van der Waals surface area contributed by atoms with Crippen molar-refractivity contribution < 1.29 is 10.2 Å². The summed E-state index contributed by atoms with van der Waals surface area (Å²) in [5.41, 5.74) is 6.15. The molecule has 0 amide bonds. The predicted octanol–water partition coefficient (Wildman–Crippen LogP) is 3.04. The Hall–Kier alpha value is -1.20. The van der Waals surface area contributed by atoms with E-state index in [2.05, 4.69) is 12.1 Å². The summed E-state index contributed by atoms with van der Waals surface area (Å²) < 4.78 is 0. The van der Waals surface area contributed by atoms with Crippen molar-refractivity contribution in [3.8, 4) is 0 Å². The molecule has 0 aliphatic rings. The van der Waals surface area contributed by atoms with Crippen LogP contribution in [0.5, 0.6) is 0 Å². The second kappa shape index (κ2) is 6.50. The fourth-order valence-corrected chi connectivity index (χ4v) is 3.81. The number of nitrogens with two attached hydrogens (primary N) is 1. The SMILES string of the molecule is Cc1csc([C@@](N)(O)[C@](C)(CO)C(C)Cc2ccccc2)c1. The van der Waals surface area contributed by atoms with Crippen LogP contribution in [0.3, 0.4) is 0 Å². The minimum atomic E-state index is -1.56. The molecule has 4 N–H and O–H groups in total. The summed E-state index contributed by atoms with van der Waals surface area (Å²) in [7, 11) is 0. The zero-order valence-electron chi connectivity index (χ0n) is 13.4. The maximum absolute atomic E-state index is 11.0. The Labute approximate surface area is 136 Å². The van der Waals surface area contributed by atoms with Crippen LogP contribution in [0.15, 0.2) is 41.8 Å². The predicted molar refractivity (Wildman–Crippen MR) is 91.6 cm³/mol. The van der Waals surface area contributed by atoms with E-state index < -0.39 is 11.1 Å². The Bertz CT molecular complexity index is 609. The van der Waals surface area contributed by atoms with Crippen molar-refractivity contribution in [2.45, 2.75) is 32.9 Å². The van der Waals surface area contributed by atoms with Gasteiger partial charge in [0.2, 0.25) is 0 Å². The first-order valence-corrected chi connectivity index (χ1v) is 8.41. The van der Waals surface area contributed by atoms with E-state index in [-0.39, 0.29) is 12.5 Å². The van der Waals surface area contributed by atoms with Gasteiger partial charge in [0.1, 0.15) is 0 Å². The summed E-state index contributed by atoms with van der Waals surface area (Å²) in [4.78, 5) is 0.696. The lowest BCUT2D eigenvalue weighted by Crippen LogP contribution is -2.56.